The summed E-state index contributed by atoms with van der Waals surface area (Å²) in [6, 6.07) is 44.6. The summed E-state index contributed by atoms with van der Waals surface area (Å²) in [4.78, 5) is 20.0. The van der Waals surface area contributed by atoms with Gasteiger partial charge in [-0.3, -0.25) is 0 Å². The number of benzene rings is 6. The van der Waals surface area contributed by atoms with Crippen molar-refractivity contribution in [3.05, 3.63) is 133 Å². The first kappa shape index (κ1) is 26.1. The van der Waals surface area contributed by atoms with E-state index in [4.69, 9.17) is 28.8 Å². The zero-order chi connectivity index (χ0) is 30.9. The maximum Gasteiger partial charge on any atom is 0.164 e. The second kappa shape index (κ2) is 10.2. The Bertz CT molecular complexity index is 2740. The van der Waals surface area contributed by atoms with E-state index in [1.54, 1.807) is 11.3 Å². The lowest BCUT2D eigenvalue weighted by atomic mass is 10.1. The average Bonchev–Trinajstić information content (AvgIpc) is 3.83. The molecule has 220 valence electrons. The number of nitrogens with zero attached hydrogens (tertiary/aromatic N) is 4. The monoisotopic (exact) mass is 622 g/mol. The van der Waals surface area contributed by atoms with Gasteiger partial charge in [0.05, 0.1) is 10.2 Å². The topological polar surface area (TPSA) is 77.8 Å². The van der Waals surface area contributed by atoms with E-state index < -0.39 is 0 Å². The number of furan rings is 2. The third-order valence-corrected chi connectivity index (χ3v) is 9.63. The molecule has 0 fully saturated rings. The summed E-state index contributed by atoms with van der Waals surface area (Å²) < 4.78 is 13.7. The maximum atomic E-state index is 6.46. The van der Waals surface area contributed by atoms with E-state index in [1.165, 1.54) is 0 Å². The van der Waals surface area contributed by atoms with Crippen molar-refractivity contribution in [2.75, 3.05) is 0 Å². The molecule has 0 bridgehead atoms. The van der Waals surface area contributed by atoms with Gasteiger partial charge in [-0.25, -0.2) is 19.9 Å². The van der Waals surface area contributed by atoms with Crippen molar-refractivity contribution in [1.82, 2.24) is 19.9 Å². The van der Waals surface area contributed by atoms with Gasteiger partial charge in [0.25, 0.3) is 0 Å². The van der Waals surface area contributed by atoms with Crippen molar-refractivity contribution in [3.63, 3.8) is 0 Å². The average molecular weight is 623 g/mol. The second-order valence-corrected chi connectivity index (χ2v) is 12.5. The molecule has 0 radical (unpaired) electrons. The number of fused-ring (bicyclic) bond motifs is 7. The van der Waals surface area contributed by atoms with Gasteiger partial charge in [0, 0.05) is 49.9 Å². The van der Waals surface area contributed by atoms with Crippen LogP contribution in [-0.4, -0.2) is 19.9 Å². The van der Waals surface area contributed by atoms with Gasteiger partial charge < -0.3 is 8.83 Å². The first-order chi connectivity index (χ1) is 23.3. The molecular weight excluding hydrogens is 601 g/mol. The molecule has 7 heteroatoms. The lowest BCUT2D eigenvalue weighted by Crippen LogP contribution is -2.00. The van der Waals surface area contributed by atoms with Crippen LogP contribution >= 0.6 is 11.3 Å². The molecule has 0 saturated carbocycles. The predicted molar refractivity (Wildman–Crippen MR) is 189 cm³/mol. The van der Waals surface area contributed by atoms with E-state index in [0.29, 0.717) is 17.5 Å². The minimum atomic E-state index is 0.592. The van der Waals surface area contributed by atoms with Crippen LogP contribution in [0, 0.1) is 0 Å². The lowest BCUT2D eigenvalue weighted by Gasteiger charge is -2.09. The Balaban J connectivity index is 1.18. The Kier molecular flexibility index (Phi) is 5.64. The second-order valence-electron chi connectivity index (χ2n) is 11.4. The molecule has 10 aromatic rings. The van der Waals surface area contributed by atoms with Crippen molar-refractivity contribution < 1.29 is 8.83 Å². The summed E-state index contributed by atoms with van der Waals surface area (Å²) in [5, 5.41) is 5.06. The first-order valence-corrected chi connectivity index (χ1v) is 16.1. The molecule has 6 nitrogen and oxygen atoms in total. The van der Waals surface area contributed by atoms with Gasteiger partial charge in [-0.05, 0) is 24.3 Å². The Morgan fingerprint density at radius 3 is 1.72 bits per heavy atom. The van der Waals surface area contributed by atoms with Crippen LogP contribution in [0.2, 0.25) is 0 Å². The zero-order valence-electron chi connectivity index (χ0n) is 24.7. The Morgan fingerprint density at radius 1 is 0.426 bits per heavy atom. The molecule has 0 amide bonds. The maximum absolute atomic E-state index is 6.46. The molecule has 0 aliphatic rings. The smallest absolute Gasteiger partial charge is 0.164 e. The van der Waals surface area contributed by atoms with Gasteiger partial charge >= 0.3 is 0 Å². The number of rotatable bonds is 4. The van der Waals surface area contributed by atoms with Crippen LogP contribution in [0.25, 0.3) is 98.8 Å². The molecule has 4 heterocycles. The van der Waals surface area contributed by atoms with Crippen molar-refractivity contribution >= 4 is 65.4 Å². The Hall–Kier alpha value is -6.18. The van der Waals surface area contributed by atoms with Crippen LogP contribution in [-0.2, 0) is 0 Å². The molecule has 47 heavy (non-hydrogen) atoms. The van der Waals surface area contributed by atoms with Crippen molar-refractivity contribution in [3.8, 4) is 44.7 Å². The zero-order valence-corrected chi connectivity index (χ0v) is 25.5. The van der Waals surface area contributed by atoms with Gasteiger partial charge in [-0.15, -0.1) is 11.3 Å². The highest BCUT2D eigenvalue weighted by molar-refractivity contribution is 7.21. The van der Waals surface area contributed by atoms with E-state index in [0.717, 1.165) is 81.4 Å². The van der Waals surface area contributed by atoms with Crippen molar-refractivity contribution in [2.45, 2.75) is 0 Å². The Labute approximate surface area is 271 Å². The minimum absolute atomic E-state index is 0.592. The van der Waals surface area contributed by atoms with E-state index in [2.05, 4.69) is 24.3 Å². The van der Waals surface area contributed by atoms with Crippen LogP contribution in [0.4, 0.5) is 0 Å². The molecule has 0 unspecified atom stereocenters. The van der Waals surface area contributed by atoms with Crippen LogP contribution in [0.5, 0.6) is 0 Å². The minimum Gasteiger partial charge on any atom is -0.456 e. The van der Waals surface area contributed by atoms with E-state index in [1.807, 2.05) is 109 Å². The molecule has 6 aromatic carbocycles. The summed E-state index contributed by atoms with van der Waals surface area (Å²) in [6.45, 7) is 0. The quantitative estimate of drug-likeness (QED) is 0.194. The normalized spacial score (nSPS) is 11.8. The molecule has 0 N–H and O–H groups in total. The number of aromatic nitrogens is 4. The number of para-hydroxylation sites is 1. The summed E-state index contributed by atoms with van der Waals surface area (Å²) in [6.07, 6.45) is 0. The third kappa shape index (κ3) is 4.17. The lowest BCUT2D eigenvalue weighted by molar-refractivity contribution is 0.668. The summed E-state index contributed by atoms with van der Waals surface area (Å²) in [7, 11) is 0. The van der Waals surface area contributed by atoms with E-state index >= 15 is 0 Å². The molecular formula is C40H22N4O2S. The SMILES string of the molecule is c1ccc(-c2nc(-c3ccccc3)nc(-c3cccc4oc5cc6nc(-c7cccc8oc9ccccc9c78)sc6cc5c34)n2)cc1. The molecule has 0 aliphatic carbocycles. The fraction of sp³-hybridized carbons (Fsp3) is 0. The number of hydrogen-bond donors (Lipinski definition) is 0. The van der Waals surface area contributed by atoms with Gasteiger partial charge in [-0.1, -0.05) is 103 Å². The fourth-order valence-corrected chi connectivity index (χ4v) is 7.45. The molecule has 0 atom stereocenters. The van der Waals surface area contributed by atoms with E-state index in [9.17, 15) is 0 Å². The highest BCUT2D eigenvalue weighted by Crippen LogP contribution is 2.43. The molecule has 0 saturated heterocycles. The molecule has 10 rings (SSSR count). The van der Waals surface area contributed by atoms with Gasteiger partial charge in [0.2, 0.25) is 0 Å². The van der Waals surface area contributed by atoms with Gasteiger partial charge in [0.15, 0.2) is 17.5 Å². The summed E-state index contributed by atoms with van der Waals surface area (Å²) >= 11 is 1.67. The number of thiazole rings is 1. The van der Waals surface area contributed by atoms with Gasteiger partial charge in [-0.2, -0.15) is 0 Å². The largest absolute Gasteiger partial charge is 0.456 e. The predicted octanol–water partition coefficient (Wildman–Crippen LogP) is 10.9. The summed E-state index contributed by atoms with van der Waals surface area (Å²) in [5.41, 5.74) is 7.96. The first-order valence-electron chi connectivity index (χ1n) is 15.3. The van der Waals surface area contributed by atoms with Gasteiger partial charge in [0.1, 0.15) is 27.3 Å². The Morgan fingerprint density at radius 2 is 1.00 bits per heavy atom. The fourth-order valence-electron chi connectivity index (χ4n) is 6.43. The van der Waals surface area contributed by atoms with Crippen LogP contribution in [0.3, 0.4) is 0 Å². The molecule has 0 aliphatic heterocycles. The highest BCUT2D eigenvalue weighted by atomic mass is 32.1. The van der Waals surface area contributed by atoms with E-state index in [-0.39, 0.29) is 0 Å². The standard InChI is InChI=1S/C40H22N4O2S/c1-3-11-23(12-4-1)37-42-38(24-13-5-2-6-14-24)44-39(43-37)26-16-9-19-32-36(26)28-21-34-29(22-33(28)46-32)41-40(47-34)27-17-10-20-31-35(27)25-15-7-8-18-30(25)45-31/h1-22H. The molecule has 0 spiro atoms. The van der Waals surface area contributed by atoms with Crippen molar-refractivity contribution in [2.24, 2.45) is 0 Å². The van der Waals surface area contributed by atoms with Crippen molar-refractivity contribution in [1.29, 1.82) is 0 Å². The summed E-state index contributed by atoms with van der Waals surface area (Å²) in [5.74, 6) is 1.83. The van der Waals surface area contributed by atoms with Crippen LogP contribution in [0.1, 0.15) is 0 Å². The third-order valence-electron chi connectivity index (χ3n) is 8.58. The molecule has 4 aromatic heterocycles. The highest BCUT2D eigenvalue weighted by Gasteiger charge is 2.20. The van der Waals surface area contributed by atoms with Crippen LogP contribution < -0.4 is 0 Å². The van der Waals surface area contributed by atoms with Crippen LogP contribution in [0.15, 0.2) is 142 Å². The number of hydrogen-bond acceptors (Lipinski definition) is 7.